The van der Waals surface area contributed by atoms with Crippen molar-refractivity contribution in [2.45, 2.75) is 25.6 Å². The van der Waals surface area contributed by atoms with E-state index in [-0.39, 0.29) is 23.8 Å². The van der Waals surface area contributed by atoms with Gasteiger partial charge in [0.1, 0.15) is 17.3 Å². The minimum absolute atomic E-state index is 0.0860. The molecule has 0 saturated carbocycles. The van der Waals surface area contributed by atoms with Crippen LogP contribution >= 0.6 is 0 Å². The average Bonchev–Trinajstić information content (AvgIpc) is 3.24. The normalized spacial score (nSPS) is 21.7. The third kappa shape index (κ3) is 3.92. The number of nitrogens with one attached hydrogen (secondary N) is 2. The molecule has 2 heterocycles. The van der Waals surface area contributed by atoms with Crippen LogP contribution in [0.1, 0.15) is 35.7 Å². The Morgan fingerprint density at radius 1 is 0.938 bits per heavy atom. The van der Waals surface area contributed by atoms with Crippen molar-refractivity contribution in [3.63, 3.8) is 0 Å². The lowest BCUT2D eigenvalue weighted by Gasteiger charge is -2.39. The summed E-state index contributed by atoms with van der Waals surface area (Å²) >= 11 is 0. The van der Waals surface area contributed by atoms with E-state index in [2.05, 4.69) is 40.0 Å². The van der Waals surface area contributed by atoms with E-state index in [1.807, 2.05) is 37.3 Å². The Morgan fingerprint density at radius 3 is 2.38 bits per heavy atom. The monoisotopic (exact) mass is 433 g/mol. The average molecular weight is 434 g/mol. The highest BCUT2D eigenvalue weighted by molar-refractivity contribution is 5.61. The summed E-state index contributed by atoms with van der Waals surface area (Å²) in [6, 6.07) is 21.6. The molecule has 0 radical (unpaired) electrons. The van der Waals surface area contributed by atoms with Crippen LogP contribution in [0.4, 0.5) is 10.1 Å². The van der Waals surface area contributed by atoms with Crippen molar-refractivity contribution in [3.05, 3.63) is 89.2 Å². The lowest BCUT2D eigenvalue weighted by molar-refractivity contribution is 0.337. The quantitative estimate of drug-likeness (QED) is 0.587. The summed E-state index contributed by atoms with van der Waals surface area (Å²) in [6.45, 7) is 4.30. The number of hydrazine groups is 1. The zero-order valence-corrected chi connectivity index (χ0v) is 18.3. The molecule has 0 aromatic heterocycles. The van der Waals surface area contributed by atoms with Crippen LogP contribution in [-0.4, -0.2) is 20.3 Å². The number of hydrogen-bond donors (Lipinski definition) is 2. The van der Waals surface area contributed by atoms with Crippen LogP contribution < -0.4 is 25.2 Å². The SMILES string of the molecule is CCOc1ccc2c(c1)C1NNC(c3ccc(F)cc3)C1CN2Cc1ccc(OC)cc1. The number of rotatable bonds is 6. The summed E-state index contributed by atoms with van der Waals surface area (Å²) in [7, 11) is 1.68. The minimum atomic E-state index is -0.215. The number of benzene rings is 3. The highest BCUT2D eigenvalue weighted by Crippen LogP contribution is 2.46. The number of nitrogens with zero attached hydrogens (tertiary/aromatic N) is 1. The van der Waals surface area contributed by atoms with Crippen molar-refractivity contribution in [1.82, 2.24) is 10.9 Å². The number of methoxy groups -OCH3 is 1. The van der Waals surface area contributed by atoms with Crippen molar-refractivity contribution >= 4 is 5.69 Å². The van der Waals surface area contributed by atoms with E-state index in [0.29, 0.717) is 6.61 Å². The van der Waals surface area contributed by atoms with Gasteiger partial charge in [-0.1, -0.05) is 24.3 Å². The van der Waals surface area contributed by atoms with E-state index in [0.717, 1.165) is 30.2 Å². The first-order chi connectivity index (χ1) is 15.7. The summed E-state index contributed by atoms with van der Waals surface area (Å²) in [5.41, 5.74) is 11.7. The third-order valence-electron chi connectivity index (χ3n) is 6.43. The molecule has 1 saturated heterocycles. The molecule has 0 aliphatic carbocycles. The first-order valence-electron chi connectivity index (χ1n) is 11.1. The summed E-state index contributed by atoms with van der Waals surface area (Å²) in [6.07, 6.45) is 0. The van der Waals surface area contributed by atoms with E-state index in [4.69, 9.17) is 9.47 Å². The predicted molar refractivity (Wildman–Crippen MR) is 123 cm³/mol. The molecular weight excluding hydrogens is 405 g/mol. The van der Waals surface area contributed by atoms with Crippen molar-refractivity contribution in [2.24, 2.45) is 5.92 Å². The number of fused-ring (bicyclic) bond motifs is 3. The van der Waals surface area contributed by atoms with Crippen LogP contribution in [0.15, 0.2) is 66.7 Å². The van der Waals surface area contributed by atoms with Crippen LogP contribution in [0.25, 0.3) is 0 Å². The second kappa shape index (κ2) is 8.81. The summed E-state index contributed by atoms with van der Waals surface area (Å²) in [4.78, 5) is 2.43. The van der Waals surface area contributed by atoms with Gasteiger partial charge >= 0.3 is 0 Å². The van der Waals surface area contributed by atoms with E-state index < -0.39 is 0 Å². The molecular formula is C26H28FN3O2. The van der Waals surface area contributed by atoms with Crippen LogP contribution in [0, 0.1) is 11.7 Å². The fourth-order valence-corrected chi connectivity index (χ4v) is 4.89. The predicted octanol–water partition coefficient (Wildman–Crippen LogP) is 4.76. The number of hydrogen-bond acceptors (Lipinski definition) is 5. The van der Waals surface area contributed by atoms with E-state index in [9.17, 15) is 4.39 Å². The Kier molecular flexibility index (Phi) is 5.72. The van der Waals surface area contributed by atoms with Gasteiger partial charge in [-0.2, -0.15) is 0 Å². The standard InChI is InChI=1S/C26H28FN3O2/c1-3-32-21-12-13-24-22(14-21)26-23(25(28-29-26)18-6-8-19(27)9-7-18)16-30(24)15-17-4-10-20(31-2)11-5-17/h4-14,23,25-26,28-29H,3,15-16H2,1-2H3. The Labute approximate surface area is 188 Å². The van der Waals surface area contributed by atoms with Gasteiger partial charge in [0.25, 0.3) is 0 Å². The smallest absolute Gasteiger partial charge is 0.123 e. The highest BCUT2D eigenvalue weighted by Gasteiger charge is 2.43. The molecule has 3 atom stereocenters. The number of halogens is 1. The third-order valence-corrected chi connectivity index (χ3v) is 6.43. The second-order valence-corrected chi connectivity index (χ2v) is 8.34. The lowest BCUT2D eigenvalue weighted by atomic mass is 9.82. The zero-order valence-electron chi connectivity index (χ0n) is 18.3. The topological polar surface area (TPSA) is 45.8 Å². The summed E-state index contributed by atoms with van der Waals surface area (Å²) in [5.74, 6) is 1.80. The van der Waals surface area contributed by atoms with Gasteiger partial charge in [-0.05, 0) is 66.1 Å². The van der Waals surface area contributed by atoms with E-state index >= 15 is 0 Å². The van der Waals surface area contributed by atoms with Gasteiger partial charge in [-0.15, -0.1) is 0 Å². The molecule has 2 aliphatic rings. The molecule has 2 aliphatic heterocycles. The van der Waals surface area contributed by atoms with Crippen LogP contribution in [0.5, 0.6) is 11.5 Å². The Hall–Kier alpha value is -3.09. The molecule has 166 valence electrons. The van der Waals surface area contributed by atoms with E-state index in [1.54, 1.807) is 7.11 Å². The zero-order chi connectivity index (χ0) is 22.1. The molecule has 32 heavy (non-hydrogen) atoms. The van der Waals surface area contributed by atoms with Gasteiger partial charge in [0.2, 0.25) is 0 Å². The van der Waals surface area contributed by atoms with Crippen molar-refractivity contribution in [3.8, 4) is 11.5 Å². The first-order valence-corrected chi connectivity index (χ1v) is 11.1. The fourth-order valence-electron chi connectivity index (χ4n) is 4.89. The van der Waals surface area contributed by atoms with Crippen LogP contribution in [0.2, 0.25) is 0 Å². The summed E-state index contributed by atoms with van der Waals surface area (Å²) in [5, 5.41) is 0. The highest BCUT2D eigenvalue weighted by atomic mass is 19.1. The minimum Gasteiger partial charge on any atom is -0.497 e. The van der Waals surface area contributed by atoms with Crippen molar-refractivity contribution in [1.29, 1.82) is 0 Å². The molecule has 0 spiro atoms. The number of ether oxygens (including phenoxy) is 2. The Morgan fingerprint density at radius 2 is 1.66 bits per heavy atom. The molecule has 5 rings (SSSR count). The van der Waals surface area contributed by atoms with Gasteiger partial charge in [0, 0.05) is 24.7 Å². The van der Waals surface area contributed by atoms with Crippen molar-refractivity contribution < 1.29 is 13.9 Å². The molecule has 0 bridgehead atoms. The maximum atomic E-state index is 13.5. The molecule has 6 heteroatoms. The second-order valence-electron chi connectivity index (χ2n) is 8.34. The molecule has 3 unspecified atom stereocenters. The summed E-state index contributed by atoms with van der Waals surface area (Å²) < 4.78 is 24.6. The van der Waals surface area contributed by atoms with Gasteiger partial charge in [0.15, 0.2) is 0 Å². The molecule has 3 aromatic carbocycles. The van der Waals surface area contributed by atoms with Gasteiger partial charge in [-0.25, -0.2) is 15.2 Å². The largest absolute Gasteiger partial charge is 0.497 e. The van der Waals surface area contributed by atoms with Gasteiger partial charge in [-0.3, -0.25) is 0 Å². The Bertz CT molecular complexity index is 1070. The first kappa shape index (κ1) is 20.8. The van der Waals surface area contributed by atoms with Gasteiger partial charge < -0.3 is 14.4 Å². The molecule has 5 nitrogen and oxygen atoms in total. The fraction of sp³-hybridized carbons (Fsp3) is 0.308. The van der Waals surface area contributed by atoms with Crippen LogP contribution in [0.3, 0.4) is 0 Å². The Balaban J connectivity index is 1.49. The number of anilines is 1. The maximum Gasteiger partial charge on any atom is 0.123 e. The van der Waals surface area contributed by atoms with Gasteiger partial charge in [0.05, 0.1) is 25.8 Å². The molecule has 1 fully saturated rings. The lowest BCUT2D eigenvalue weighted by Crippen LogP contribution is -2.39. The molecule has 3 aromatic rings. The van der Waals surface area contributed by atoms with E-state index in [1.165, 1.54) is 28.9 Å². The molecule has 2 N–H and O–H groups in total. The van der Waals surface area contributed by atoms with Crippen LogP contribution in [-0.2, 0) is 6.54 Å². The van der Waals surface area contributed by atoms with Crippen molar-refractivity contribution in [2.75, 3.05) is 25.2 Å². The molecule has 0 amide bonds. The maximum absolute atomic E-state index is 13.5.